The number of hydrogen-bond donors (Lipinski definition) is 5. The van der Waals surface area contributed by atoms with Gasteiger partial charge in [-0.1, -0.05) is 17.4 Å². The molecule has 3 rings (SSSR count). The van der Waals surface area contributed by atoms with E-state index < -0.39 is 5.91 Å². The van der Waals surface area contributed by atoms with Crippen LogP contribution in [0.5, 0.6) is 0 Å². The zero-order valence-electron chi connectivity index (χ0n) is 15.2. The summed E-state index contributed by atoms with van der Waals surface area (Å²) in [5, 5.41) is 12.3. The number of allylic oxidation sites excluding steroid dienone is 5. The largest absolute Gasteiger partial charge is 0.385 e. The smallest absolute Gasteiger partial charge is 0.270 e. The molecule has 1 aliphatic heterocycles. The van der Waals surface area contributed by atoms with E-state index in [9.17, 15) is 14.4 Å². The van der Waals surface area contributed by atoms with Crippen molar-refractivity contribution in [2.75, 3.05) is 17.2 Å². The summed E-state index contributed by atoms with van der Waals surface area (Å²) in [6.45, 7) is 2.03. The first kappa shape index (κ1) is 19.4. The molecule has 146 valence electrons. The van der Waals surface area contributed by atoms with Crippen LogP contribution in [-0.4, -0.2) is 29.3 Å². The summed E-state index contributed by atoms with van der Waals surface area (Å²) in [5.74, 6) is -1.21. The van der Waals surface area contributed by atoms with E-state index in [-0.39, 0.29) is 22.5 Å². The summed E-state index contributed by atoms with van der Waals surface area (Å²) in [5.41, 5.74) is 7.58. The maximum atomic E-state index is 12.6. The Balaban J connectivity index is 1.73. The Morgan fingerprint density at radius 3 is 2.57 bits per heavy atom. The molecule has 6 N–H and O–H groups in total. The monoisotopic (exact) mass is 400 g/mol. The van der Waals surface area contributed by atoms with Gasteiger partial charge in [-0.3, -0.25) is 14.4 Å². The van der Waals surface area contributed by atoms with Gasteiger partial charge in [-0.2, -0.15) is 0 Å². The number of nitrogens with one attached hydrogen (secondary N) is 4. The molecule has 0 aromatic carbocycles. The van der Waals surface area contributed by atoms with Crippen LogP contribution in [0.2, 0.25) is 0 Å². The van der Waals surface area contributed by atoms with Crippen LogP contribution in [0.3, 0.4) is 0 Å². The van der Waals surface area contributed by atoms with Crippen molar-refractivity contribution in [3.05, 3.63) is 53.2 Å². The molecule has 1 aromatic heterocycles. The first-order valence-corrected chi connectivity index (χ1v) is 9.39. The van der Waals surface area contributed by atoms with Crippen LogP contribution in [0.1, 0.15) is 30.3 Å². The van der Waals surface area contributed by atoms with Gasteiger partial charge in [-0.05, 0) is 37.3 Å². The number of thiazole rings is 1. The quantitative estimate of drug-likeness (QED) is 0.488. The third-order valence-corrected chi connectivity index (χ3v) is 4.82. The van der Waals surface area contributed by atoms with Crippen molar-refractivity contribution in [3.8, 4) is 0 Å². The Labute approximate surface area is 165 Å². The van der Waals surface area contributed by atoms with Gasteiger partial charge in [0.1, 0.15) is 5.00 Å². The topological polar surface area (TPSA) is 138 Å². The summed E-state index contributed by atoms with van der Waals surface area (Å²) in [7, 11) is 0. The molecular weight excluding hydrogens is 380 g/mol. The second-order valence-corrected chi connectivity index (χ2v) is 7.14. The lowest BCUT2D eigenvalue weighted by molar-refractivity contribution is -0.118. The molecule has 0 fully saturated rings. The Morgan fingerprint density at radius 2 is 1.96 bits per heavy atom. The van der Waals surface area contributed by atoms with Gasteiger partial charge in [0.25, 0.3) is 11.8 Å². The number of nitrogens with zero attached hydrogens (tertiary/aromatic N) is 1. The molecule has 0 atom stereocenters. The summed E-state index contributed by atoms with van der Waals surface area (Å²) in [6.07, 6.45) is 9.91. The van der Waals surface area contributed by atoms with Gasteiger partial charge in [0.2, 0.25) is 5.91 Å². The highest BCUT2D eigenvalue weighted by molar-refractivity contribution is 7.20. The second kappa shape index (κ2) is 8.53. The SMILES string of the molecule is CC(=O)NC1=CC=C(C(=O)Nc2sc(NC3=CC=CNC3)nc2C(N)=O)CC1. The highest BCUT2D eigenvalue weighted by Gasteiger charge is 2.21. The van der Waals surface area contributed by atoms with Crippen molar-refractivity contribution in [1.82, 2.24) is 15.6 Å². The molecule has 1 aliphatic carbocycles. The van der Waals surface area contributed by atoms with Crippen molar-refractivity contribution < 1.29 is 14.4 Å². The summed E-state index contributed by atoms with van der Waals surface area (Å²) in [4.78, 5) is 39.6. The number of carbonyl (C=O) groups is 3. The maximum absolute atomic E-state index is 12.6. The minimum Gasteiger partial charge on any atom is -0.385 e. The highest BCUT2D eigenvalue weighted by Crippen LogP contribution is 2.30. The standard InChI is InChI=1S/C18H20N6O3S/c1-10(25)21-12-6-4-11(5-7-12)16(27)24-17-14(15(19)26)23-18(28-17)22-13-3-2-8-20-9-13/h2-4,6,8,20H,5,7,9H2,1H3,(H2,19,26)(H,21,25)(H,22,23)(H,24,27). The van der Waals surface area contributed by atoms with E-state index in [4.69, 9.17) is 5.73 Å². The van der Waals surface area contributed by atoms with Crippen LogP contribution < -0.4 is 27.0 Å². The first-order valence-electron chi connectivity index (χ1n) is 8.58. The average molecular weight is 400 g/mol. The normalized spacial score (nSPS) is 15.5. The Bertz CT molecular complexity index is 941. The molecule has 0 saturated heterocycles. The fourth-order valence-corrected chi connectivity index (χ4v) is 3.55. The molecule has 3 amide bonds. The summed E-state index contributed by atoms with van der Waals surface area (Å²) < 4.78 is 0. The number of amides is 3. The van der Waals surface area contributed by atoms with Gasteiger partial charge in [0, 0.05) is 23.9 Å². The number of carbonyl (C=O) groups excluding carboxylic acids is 3. The average Bonchev–Trinajstić information content (AvgIpc) is 3.05. The molecular formula is C18H20N6O3S. The van der Waals surface area contributed by atoms with Crippen molar-refractivity contribution >= 4 is 39.2 Å². The van der Waals surface area contributed by atoms with Crippen LogP contribution in [0.25, 0.3) is 0 Å². The van der Waals surface area contributed by atoms with Crippen LogP contribution in [0.15, 0.2) is 47.5 Å². The van der Waals surface area contributed by atoms with Crippen LogP contribution in [-0.2, 0) is 9.59 Å². The second-order valence-electron chi connectivity index (χ2n) is 6.14. The lowest BCUT2D eigenvalue weighted by Crippen LogP contribution is -2.23. The molecule has 0 saturated carbocycles. The van der Waals surface area contributed by atoms with Gasteiger partial charge in [-0.15, -0.1) is 0 Å². The number of hydrogen-bond acceptors (Lipinski definition) is 7. The zero-order valence-corrected chi connectivity index (χ0v) is 16.0. The van der Waals surface area contributed by atoms with Gasteiger partial charge in [0.15, 0.2) is 10.8 Å². The van der Waals surface area contributed by atoms with E-state index in [0.29, 0.717) is 30.1 Å². The van der Waals surface area contributed by atoms with E-state index in [1.165, 1.54) is 6.92 Å². The number of nitrogens with two attached hydrogens (primary N) is 1. The van der Waals surface area contributed by atoms with Gasteiger partial charge >= 0.3 is 0 Å². The van der Waals surface area contributed by atoms with Crippen molar-refractivity contribution in [1.29, 1.82) is 0 Å². The lowest BCUT2D eigenvalue weighted by atomic mass is 10.0. The third-order valence-electron chi connectivity index (χ3n) is 3.94. The predicted octanol–water partition coefficient (Wildman–Crippen LogP) is 1.33. The number of primary amides is 1. The minimum atomic E-state index is -0.722. The van der Waals surface area contributed by atoms with Crippen LogP contribution in [0.4, 0.5) is 10.1 Å². The number of dihydropyridines is 1. The zero-order chi connectivity index (χ0) is 20.1. The van der Waals surface area contributed by atoms with Crippen molar-refractivity contribution in [2.45, 2.75) is 19.8 Å². The van der Waals surface area contributed by atoms with E-state index in [1.54, 1.807) is 12.2 Å². The molecule has 2 aliphatic rings. The third kappa shape index (κ3) is 4.86. The number of anilines is 2. The molecule has 10 heteroatoms. The molecule has 0 spiro atoms. The molecule has 0 radical (unpaired) electrons. The van der Waals surface area contributed by atoms with Gasteiger partial charge in [0.05, 0.1) is 6.54 Å². The Kier molecular flexibility index (Phi) is 5.90. The lowest BCUT2D eigenvalue weighted by Gasteiger charge is -2.14. The highest BCUT2D eigenvalue weighted by atomic mass is 32.1. The number of aromatic nitrogens is 1. The molecule has 2 heterocycles. The Morgan fingerprint density at radius 1 is 1.14 bits per heavy atom. The first-order chi connectivity index (χ1) is 13.4. The van der Waals surface area contributed by atoms with Crippen LogP contribution in [0, 0.1) is 0 Å². The fourth-order valence-electron chi connectivity index (χ4n) is 2.65. The van der Waals surface area contributed by atoms with E-state index in [1.807, 2.05) is 18.4 Å². The van der Waals surface area contributed by atoms with E-state index in [2.05, 4.69) is 26.3 Å². The molecule has 28 heavy (non-hydrogen) atoms. The van der Waals surface area contributed by atoms with E-state index >= 15 is 0 Å². The van der Waals surface area contributed by atoms with Gasteiger partial charge in [-0.25, -0.2) is 4.98 Å². The minimum absolute atomic E-state index is 0.00616. The molecule has 9 nitrogen and oxygen atoms in total. The molecule has 0 unspecified atom stereocenters. The summed E-state index contributed by atoms with van der Waals surface area (Å²) in [6, 6.07) is 0. The molecule has 0 bridgehead atoms. The summed E-state index contributed by atoms with van der Waals surface area (Å²) >= 11 is 1.14. The maximum Gasteiger partial charge on any atom is 0.270 e. The van der Waals surface area contributed by atoms with Crippen molar-refractivity contribution in [2.24, 2.45) is 5.73 Å². The van der Waals surface area contributed by atoms with Gasteiger partial charge < -0.3 is 27.0 Å². The predicted molar refractivity (Wildman–Crippen MR) is 107 cm³/mol. The fraction of sp³-hybridized carbons (Fsp3) is 0.222. The molecule has 1 aromatic rings. The van der Waals surface area contributed by atoms with Crippen molar-refractivity contribution in [3.63, 3.8) is 0 Å². The van der Waals surface area contributed by atoms with Crippen LogP contribution >= 0.6 is 11.3 Å². The Hall–Kier alpha value is -3.40. The number of rotatable bonds is 6. The van der Waals surface area contributed by atoms with E-state index in [0.717, 1.165) is 22.7 Å².